The summed E-state index contributed by atoms with van der Waals surface area (Å²) in [6.45, 7) is 0.591. The van der Waals surface area contributed by atoms with E-state index in [9.17, 15) is 4.79 Å². The number of hydrogen-bond donors (Lipinski definition) is 0. The van der Waals surface area contributed by atoms with Gasteiger partial charge in [0.1, 0.15) is 11.3 Å². The van der Waals surface area contributed by atoms with Crippen molar-refractivity contribution in [2.45, 2.75) is 25.4 Å². The first-order valence-corrected chi connectivity index (χ1v) is 8.36. The zero-order valence-electron chi connectivity index (χ0n) is 14.3. The fourth-order valence-corrected chi connectivity index (χ4v) is 2.98. The molecular weight excluding hydrogens is 316 g/mol. The van der Waals surface area contributed by atoms with Crippen LogP contribution in [0.25, 0.3) is 11.2 Å². The summed E-state index contributed by atoms with van der Waals surface area (Å²) < 4.78 is 7.04. The molecule has 1 saturated carbocycles. The lowest BCUT2D eigenvalue weighted by atomic mass is 10.1. The van der Waals surface area contributed by atoms with Crippen LogP contribution in [0, 0.1) is 0 Å². The molecule has 0 radical (unpaired) electrons. The van der Waals surface area contributed by atoms with Gasteiger partial charge in [-0.15, -0.1) is 0 Å². The highest BCUT2D eigenvalue weighted by atomic mass is 16.5. The summed E-state index contributed by atoms with van der Waals surface area (Å²) in [5.74, 6) is 0.830. The topological polar surface area (TPSA) is 60.2 Å². The van der Waals surface area contributed by atoms with Gasteiger partial charge < -0.3 is 14.2 Å². The van der Waals surface area contributed by atoms with E-state index in [1.807, 2.05) is 46.8 Å². The number of carbonyl (C=O) groups excluding carboxylic acids is 1. The monoisotopic (exact) mass is 336 g/mol. The van der Waals surface area contributed by atoms with Crippen LogP contribution in [0.1, 0.15) is 28.8 Å². The predicted octanol–water partition coefficient (Wildman–Crippen LogP) is 2.78. The molecule has 1 aromatic carbocycles. The Labute approximate surface area is 146 Å². The number of pyridine rings is 1. The van der Waals surface area contributed by atoms with E-state index in [0.717, 1.165) is 35.3 Å². The molecule has 0 bridgehead atoms. The molecule has 3 aromatic rings. The molecule has 0 spiro atoms. The minimum atomic E-state index is 0.0124. The van der Waals surface area contributed by atoms with Crippen molar-refractivity contribution in [3.63, 3.8) is 0 Å². The summed E-state index contributed by atoms with van der Waals surface area (Å²) in [7, 11) is 3.54. The number of benzene rings is 1. The van der Waals surface area contributed by atoms with Gasteiger partial charge in [-0.1, -0.05) is 12.1 Å². The van der Waals surface area contributed by atoms with E-state index in [4.69, 9.17) is 4.74 Å². The lowest BCUT2D eigenvalue weighted by Gasteiger charge is -2.22. The van der Waals surface area contributed by atoms with Crippen molar-refractivity contribution in [2.24, 2.45) is 7.05 Å². The lowest BCUT2D eigenvalue weighted by molar-refractivity contribution is 0.0729. The van der Waals surface area contributed by atoms with Gasteiger partial charge in [-0.3, -0.25) is 4.79 Å². The van der Waals surface area contributed by atoms with Crippen molar-refractivity contribution in [2.75, 3.05) is 7.11 Å². The van der Waals surface area contributed by atoms with Crippen molar-refractivity contribution in [1.82, 2.24) is 19.4 Å². The number of amides is 1. The van der Waals surface area contributed by atoms with Crippen LogP contribution in [-0.2, 0) is 13.6 Å². The first-order chi connectivity index (χ1) is 12.2. The third kappa shape index (κ3) is 3.07. The van der Waals surface area contributed by atoms with Crippen LogP contribution in [0.2, 0.25) is 0 Å². The van der Waals surface area contributed by atoms with E-state index < -0.39 is 0 Å². The van der Waals surface area contributed by atoms with E-state index in [2.05, 4.69) is 9.97 Å². The maximum absolute atomic E-state index is 13.0. The predicted molar refractivity (Wildman–Crippen MR) is 94.4 cm³/mol. The van der Waals surface area contributed by atoms with Crippen molar-refractivity contribution in [3.8, 4) is 5.75 Å². The molecule has 0 atom stereocenters. The van der Waals surface area contributed by atoms with Crippen molar-refractivity contribution < 1.29 is 9.53 Å². The van der Waals surface area contributed by atoms with E-state index in [-0.39, 0.29) is 5.91 Å². The Hall–Kier alpha value is -2.89. The van der Waals surface area contributed by atoms with Gasteiger partial charge in [0.2, 0.25) is 0 Å². The summed E-state index contributed by atoms with van der Waals surface area (Å²) in [6.07, 6.45) is 5.47. The Morgan fingerprint density at radius 2 is 2.04 bits per heavy atom. The van der Waals surface area contributed by atoms with Gasteiger partial charge in [0.15, 0.2) is 5.65 Å². The SMILES string of the molecule is COc1ccc(CN(C(=O)c2cnc3c(c2)ncn3C)C2CC2)cc1. The number of ether oxygens (including phenoxy) is 1. The molecule has 6 nitrogen and oxygen atoms in total. The van der Waals surface area contributed by atoms with Crippen LogP contribution in [0.15, 0.2) is 42.9 Å². The van der Waals surface area contributed by atoms with E-state index in [0.29, 0.717) is 18.2 Å². The first-order valence-electron chi connectivity index (χ1n) is 8.36. The average molecular weight is 336 g/mol. The second-order valence-electron chi connectivity index (χ2n) is 6.43. The maximum Gasteiger partial charge on any atom is 0.256 e. The van der Waals surface area contributed by atoms with E-state index >= 15 is 0 Å². The summed E-state index contributed by atoms with van der Waals surface area (Å²) in [5, 5.41) is 0. The molecule has 0 N–H and O–H groups in total. The van der Waals surface area contributed by atoms with Crippen LogP contribution in [0.3, 0.4) is 0 Å². The Morgan fingerprint density at radius 3 is 2.72 bits per heavy atom. The number of rotatable bonds is 5. The largest absolute Gasteiger partial charge is 0.497 e. The maximum atomic E-state index is 13.0. The molecule has 0 saturated heterocycles. The molecule has 128 valence electrons. The summed E-state index contributed by atoms with van der Waals surface area (Å²) in [6, 6.07) is 9.99. The lowest BCUT2D eigenvalue weighted by Crippen LogP contribution is -2.32. The van der Waals surface area contributed by atoms with Gasteiger partial charge in [-0.2, -0.15) is 0 Å². The van der Waals surface area contributed by atoms with E-state index in [1.165, 1.54) is 0 Å². The van der Waals surface area contributed by atoms with Gasteiger partial charge in [-0.05, 0) is 36.6 Å². The summed E-state index contributed by atoms with van der Waals surface area (Å²) in [4.78, 5) is 23.7. The van der Waals surface area contributed by atoms with Crippen LogP contribution in [-0.4, -0.2) is 38.5 Å². The standard InChI is InChI=1S/C19H20N4O2/c1-22-12-21-17-9-14(10-20-18(17)22)19(24)23(15-5-6-15)11-13-3-7-16(25-2)8-4-13/h3-4,7-10,12,15H,5-6,11H2,1-2H3. The molecule has 1 aliphatic carbocycles. The Kier molecular flexibility index (Phi) is 3.87. The number of hydrogen-bond acceptors (Lipinski definition) is 4. The second-order valence-corrected chi connectivity index (χ2v) is 6.43. The van der Waals surface area contributed by atoms with Crippen LogP contribution >= 0.6 is 0 Å². The molecule has 2 aromatic heterocycles. The fourth-order valence-electron chi connectivity index (χ4n) is 2.98. The number of carbonyl (C=O) groups is 1. The number of fused-ring (bicyclic) bond motifs is 1. The Morgan fingerprint density at radius 1 is 1.28 bits per heavy atom. The average Bonchev–Trinajstić information content (AvgIpc) is 3.43. The molecule has 1 aliphatic rings. The molecule has 6 heteroatoms. The molecular formula is C19H20N4O2. The fraction of sp³-hybridized carbons (Fsp3) is 0.316. The minimum Gasteiger partial charge on any atom is -0.497 e. The Balaban J connectivity index is 1.59. The van der Waals surface area contributed by atoms with Crippen LogP contribution in [0.4, 0.5) is 0 Å². The second kappa shape index (κ2) is 6.20. The van der Waals surface area contributed by atoms with Crippen LogP contribution in [0.5, 0.6) is 5.75 Å². The molecule has 4 rings (SSSR count). The minimum absolute atomic E-state index is 0.0124. The molecule has 0 unspecified atom stereocenters. The molecule has 25 heavy (non-hydrogen) atoms. The normalized spacial score (nSPS) is 13.8. The molecule has 2 heterocycles. The first kappa shape index (κ1) is 15.6. The quantitative estimate of drug-likeness (QED) is 0.719. The Bertz CT molecular complexity index is 913. The molecule has 0 aliphatic heterocycles. The number of methoxy groups -OCH3 is 1. The van der Waals surface area contributed by atoms with Gasteiger partial charge in [-0.25, -0.2) is 9.97 Å². The smallest absolute Gasteiger partial charge is 0.256 e. The molecule has 1 fully saturated rings. The van der Waals surface area contributed by atoms with Gasteiger partial charge in [0.05, 0.1) is 19.0 Å². The van der Waals surface area contributed by atoms with Crippen molar-refractivity contribution in [3.05, 3.63) is 54.0 Å². The van der Waals surface area contributed by atoms with Gasteiger partial charge in [0, 0.05) is 25.8 Å². The number of aryl methyl sites for hydroxylation is 1. The van der Waals surface area contributed by atoms with Crippen molar-refractivity contribution in [1.29, 1.82) is 0 Å². The summed E-state index contributed by atoms with van der Waals surface area (Å²) in [5.41, 5.74) is 3.21. The van der Waals surface area contributed by atoms with Crippen LogP contribution < -0.4 is 4.74 Å². The number of nitrogens with zero attached hydrogens (tertiary/aromatic N) is 4. The van der Waals surface area contributed by atoms with E-state index in [1.54, 1.807) is 19.6 Å². The van der Waals surface area contributed by atoms with Gasteiger partial charge in [0.25, 0.3) is 5.91 Å². The highest BCUT2D eigenvalue weighted by molar-refractivity contribution is 5.96. The van der Waals surface area contributed by atoms with Crippen molar-refractivity contribution >= 4 is 17.1 Å². The third-order valence-electron chi connectivity index (χ3n) is 4.56. The van der Waals surface area contributed by atoms with Gasteiger partial charge >= 0.3 is 0 Å². The highest BCUT2D eigenvalue weighted by Crippen LogP contribution is 2.30. The number of imidazole rings is 1. The zero-order valence-corrected chi connectivity index (χ0v) is 14.3. The highest BCUT2D eigenvalue weighted by Gasteiger charge is 2.33. The zero-order chi connectivity index (χ0) is 17.4. The number of aromatic nitrogens is 3. The summed E-state index contributed by atoms with van der Waals surface area (Å²) >= 11 is 0. The molecule has 1 amide bonds. The third-order valence-corrected chi connectivity index (χ3v) is 4.56.